The van der Waals surface area contributed by atoms with Gasteiger partial charge in [-0.1, -0.05) is 51.0 Å². The molecule has 0 amide bonds. The van der Waals surface area contributed by atoms with Gasteiger partial charge < -0.3 is 10.5 Å². The highest BCUT2D eigenvalue weighted by molar-refractivity contribution is 5.25. The molecular weight excluding hydrogens is 222 g/mol. The first-order chi connectivity index (χ1) is 8.72. The summed E-state index contributed by atoms with van der Waals surface area (Å²) >= 11 is 0. The van der Waals surface area contributed by atoms with E-state index in [1.165, 1.54) is 17.5 Å². The third-order valence-corrected chi connectivity index (χ3v) is 3.26. The van der Waals surface area contributed by atoms with Gasteiger partial charge >= 0.3 is 0 Å². The van der Waals surface area contributed by atoms with E-state index >= 15 is 0 Å². The predicted octanol–water partition coefficient (Wildman–Crippen LogP) is 3.84. The fraction of sp³-hybridized carbons (Fsp3) is 0.625. The van der Waals surface area contributed by atoms with Crippen LogP contribution in [0.1, 0.15) is 57.2 Å². The van der Waals surface area contributed by atoms with Crippen molar-refractivity contribution in [2.75, 3.05) is 6.61 Å². The Bertz CT molecular complexity index is 314. The van der Waals surface area contributed by atoms with Crippen molar-refractivity contribution < 1.29 is 4.74 Å². The van der Waals surface area contributed by atoms with Gasteiger partial charge in [-0.2, -0.15) is 0 Å². The van der Waals surface area contributed by atoms with Gasteiger partial charge in [0.05, 0.1) is 12.1 Å². The quantitative estimate of drug-likeness (QED) is 0.759. The second kappa shape index (κ2) is 8.28. The number of hydrogen-bond acceptors (Lipinski definition) is 2. The number of rotatable bonds is 8. The van der Waals surface area contributed by atoms with Crippen molar-refractivity contribution in [3.05, 3.63) is 35.4 Å². The van der Waals surface area contributed by atoms with Crippen LogP contribution in [-0.4, -0.2) is 12.7 Å². The number of hydrogen-bond donors (Lipinski definition) is 1. The molecule has 2 heteroatoms. The van der Waals surface area contributed by atoms with Crippen LogP contribution in [0.15, 0.2) is 24.3 Å². The molecule has 18 heavy (non-hydrogen) atoms. The van der Waals surface area contributed by atoms with E-state index in [-0.39, 0.29) is 12.1 Å². The lowest BCUT2D eigenvalue weighted by Gasteiger charge is -2.24. The predicted molar refractivity (Wildman–Crippen MR) is 77.7 cm³/mol. The SMILES string of the molecule is CCCc1ccc(C(N)C(CCC)OCC)cc1. The molecule has 0 bridgehead atoms. The van der Waals surface area contributed by atoms with Crippen molar-refractivity contribution in [2.24, 2.45) is 5.73 Å². The molecule has 0 spiro atoms. The summed E-state index contributed by atoms with van der Waals surface area (Å²) in [5.41, 5.74) is 8.88. The van der Waals surface area contributed by atoms with E-state index in [1.54, 1.807) is 0 Å². The largest absolute Gasteiger partial charge is 0.377 e. The first kappa shape index (κ1) is 15.2. The molecule has 2 N–H and O–H groups in total. The van der Waals surface area contributed by atoms with E-state index in [0.29, 0.717) is 0 Å². The molecule has 0 radical (unpaired) electrons. The zero-order valence-corrected chi connectivity index (χ0v) is 12.0. The van der Waals surface area contributed by atoms with Crippen molar-refractivity contribution in [1.29, 1.82) is 0 Å². The van der Waals surface area contributed by atoms with Crippen molar-refractivity contribution in [2.45, 2.75) is 58.6 Å². The Morgan fingerprint density at radius 2 is 1.72 bits per heavy atom. The summed E-state index contributed by atoms with van der Waals surface area (Å²) < 4.78 is 5.75. The molecule has 0 aromatic heterocycles. The second-order valence-electron chi connectivity index (χ2n) is 4.80. The Kier molecular flexibility index (Phi) is 6.99. The summed E-state index contributed by atoms with van der Waals surface area (Å²) in [5.74, 6) is 0. The van der Waals surface area contributed by atoms with Crippen molar-refractivity contribution in [3.8, 4) is 0 Å². The molecule has 0 saturated carbocycles. The highest BCUT2D eigenvalue weighted by Crippen LogP contribution is 2.21. The third-order valence-electron chi connectivity index (χ3n) is 3.26. The van der Waals surface area contributed by atoms with Gasteiger partial charge in [-0.25, -0.2) is 0 Å². The van der Waals surface area contributed by atoms with Crippen molar-refractivity contribution in [1.82, 2.24) is 0 Å². The highest BCUT2D eigenvalue weighted by atomic mass is 16.5. The van der Waals surface area contributed by atoms with Gasteiger partial charge in [0.25, 0.3) is 0 Å². The van der Waals surface area contributed by atoms with E-state index in [4.69, 9.17) is 10.5 Å². The molecule has 0 saturated heterocycles. The summed E-state index contributed by atoms with van der Waals surface area (Å²) in [6.07, 6.45) is 4.58. The van der Waals surface area contributed by atoms with Gasteiger partial charge in [0.2, 0.25) is 0 Å². The molecule has 2 atom stereocenters. The molecule has 102 valence electrons. The number of benzene rings is 1. The maximum absolute atomic E-state index is 6.31. The molecule has 1 rings (SSSR count). The molecule has 2 unspecified atom stereocenters. The Labute approximate surface area is 112 Å². The Hall–Kier alpha value is -0.860. The monoisotopic (exact) mass is 249 g/mol. The van der Waals surface area contributed by atoms with Crippen LogP contribution in [0.3, 0.4) is 0 Å². The molecule has 0 heterocycles. The van der Waals surface area contributed by atoms with Gasteiger partial charge in [0.15, 0.2) is 0 Å². The molecule has 0 fully saturated rings. The first-order valence-electron chi connectivity index (χ1n) is 7.18. The van der Waals surface area contributed by atoms with Gasteiger partial charge in [0, 0.05) is 6.61 Å². The van der Waals surface area contributed by atoms with E-state index < -0.39 is 0 Å². The second-order valence-corrected chi connectivity index (χ2v) is 4.80. The lowest BCUT2D eigenvalue weighted by molar-refractivity contribution is 0.0374. The fourth-order valence-corrected chi connectivity index (χ4v) is 2.28. The molecular formula is C16H27NO. The first-order valence-corrected chi connectivity index (χ1v) is 7.18. The van der Waals surface area contributed by atoms with Gasteiger partial charge in [0.1, 0.15) is 0 Å². The van der Waals surface area contributed by atoms with E-state index in [9.17, 15) is 0 Å². The number of nitrogens with two attached hydrogens (primary N) is 1. The lowest BCUT2D eigenvalue weighted by atomic mass is 9.97. The van der Waals surface area contributed by atoms with Crippen LogP contribution < -0.4 is 5.73 Å². The average Bonchev–Trinajstić information content (AvgIpc) is 2.39. The summed E-state index contributed by atoms with van der Waals surface area (Å²) in [7, 11) is 0. The molecule has 1 aromatic rings. The minimum absolute atomic E-state index is 0.0134. The van der Waals surface area contributed by atoms with Gasteiger partial charge in [-0.15, -0.1) is 0 Å². The molecule has 0 aliphatic rings. The minimum atomic E-state index is -0.0134. The van der Waals surface area contributed by atoms with Gasteiger partial charge in [-0.05, 0) is 30.9 Å². The zero-order chi connectivity index (χ0) is 13.4. The van der Waals surface area contributed by atoms with Crippen LogP contribution in [0.5, 0.6) is 0 Å². The smallest absolute Gasteiger partial charge is 0.0767 e. The molecule has 1 aromatic carbocycles. The maximum atomic E-state index is 6.31. The maximum Gasteiger partial charge on any atom is 0.0767 e. The standard InChI is InChI=1S/C16H27NO/c1-4-7-13-9-11-14(12-10-13)16(17)15(8-5-2)18-6-3/h9-12,15-16H,4-8,17H2,1-3H3. The fourth-order valence-electron chi connectivity index (χ4n) is 2.28. The summed E-state index contributed by atoms with van der Waals surface area (Å²) in [5, 5.41) is 0. The van der Waals surface area contributed by atoms with Crippen LogP contribution >= 0.6 is 0 Å². The van der Waals surface area contributed by atoms with Crippen LogP contribution in [0, 0.1) is 0 Å². The summed E-state index contributed by atoms with van der Waals surface area (Å²) in [4.78, 5) is 0. The molecule has 2 nitrogen and oxygen atoms in total. The van der Waals surface area contributed by atoms with Crippen LogP contribution in [-0.2, 0) is 11.2 Å². The van der Waals surface area contributed by atoms with Gasteiger partial charge in [-0.3, -0.25) is 0 Å². The lowest BCUT2D eigenvalue weighted by Crippen LogP contribution is -2.29. The topological polar surface area (TPSA) is 35.2 Å². The third kappa shape index (κ3) is 4.43. The minimum Gasteiger partial charge on any atom is -0.377 e. The average molecular weight is 249 g/mol. The number of ether oxygens (including phenoxy) is 1. The van der Waals surface area contributed by atoms with Crippen LogP contribution in [0.25, 0.3) is 0 Å². The van der Waals surface area contributed by atoms with E-state index in [1.807, 2.05) is 6.92 Å². The highest BCUT2D eigenvalue weighted by Gasteiger charge is 2.18. The zero-order valence-electron chi connectivity index (χ0n) is 12.0. The summed E-state index contributed by atoms with van der Waals surface area (Å²) in [6, 6.07) is 8.66. The van der Waals surface area contributed by atoms with E-state index in [0.717, 1.165) is 25.9 Å². The Balaban J connectivity index is 2.70. The van der Waals surface area contributed by atoms with Crippen molar-refractivity contribution in [3.63, 3.8) is 0 Å². The van der Waals surface area contributed by atoms with E-state index in [2.05, 4.69) is 38.1 Å². The molecule has 0 aliphatic carbocycles. The van der Waals surface area contributed by atoms with Crippen molar-refractivity contribution >= 4 is 0 Å². The number of aryl methyl sites for hydroxylation is 1. The summed E-state index contributed by atoms with van der Waals surface area (Å²) in [6.45, 7) is 7.13. The normalized spacial score (nSPS) is 14.4. The molecule has 0 aliphatic heterocycles. The van der Waals surface area contributed by atoms with Crippen LogP contribution in [0.4, 0.5) is 0 Å². The van der Waals surface area contributed by atoms with Crippen LogP contribution in [0.2, 0.25) is 0 Å². The Morgan fingerprint density at radius 3 is 2.22 bits per heavy atom. The Morgan fingerprint density at radius 1 is 1.06 bits per heavy atom.